The van der Waals surface area contributed by atoms with E-state index in [9.17, 15) is 26.0 Å². The fourth-order valence-electron chi connectivity index (χ4n) is 3.68. The molecule has 1 aliphatic carbocycles. The molecule has 2 aromatic rings. The van der Waals surface area contributed by atoms with Crippen molar-refractivity contribution in [2.75, 3.05) is 7.11 Å². The monoisotopic (exact) mass is 477 g/mol. The van der Waals surface area contributed by atoms with E-state index < -0.39 is 38.2 Å². The van der Waals surface area contributed by atoms with Gasteiger partial charge in [-0.2, -0.15) is 13.2 Å². The lowest BCUT2D eigenvalue weighted by Crippen LogP contribution is -2.45. The number of ether oxygens (including phenoxy) is 1. The van der Waals surface area contributed by atoms with Crippen LogP contribution in [0.4, 0.5) is 17.6 Å². The van der Waals surface area contributed by atoms with Gasteiger partial charge in [-0.3, -0.25) is 0 Å². The summed E-state index contributed by atoms with van der Waals surface area (Å²) in [7, 11) is -2.19. The molecule has 1 aliphatic rings. The zero-order valence-corrected chi connectivity index (χ0v) is 19.1. The highest BCUT2D eigenvalue weighted by Crippen LogP contribution is 2.40. The minimum atomic E-state index is -4.74. The Hall–Kier alpha value is -2.14. The summed E-state index contributed by atoms with van der Waals surface area (Å²) >= 11 is 0. The van der Waals surface area contributed by atoms with E-state index in [0.717, 1.165) is 6.07 Å². The number of methoxy groups -OCH3 is 1. The molecule has 0 aliphatic heterocycles. The van der Waals surface area contributed by atoms with E-state index in [2.05, 4.69) is 14.7 Å². The Bertz CT molecular complexity index is 1070. The molecule has 32 heavy (non-hydrogen) atoms. The van der Waals surface area contributed by atoms with E-state index in [1.807, 2.05) is 0 Å². The summed E-state index contributed by atoms with van der Waals surface area (Å²) in [6.45, 7) is 4.80. The third kappa shape index (κ3) is 5.09. The van der Waals surface area contributed by atoms with Crippen LogP contribution in [0.1, 0.15) is 63.9 Å². The van der Waals surface area contributed by atoms with Crippen LogP contribution in [0.3, 0.4) is 0 Å². The summed E-state index contributed by atoms with van der Waals surface area (Å²) in [6, 6.07) is 3.31. The first-order valence-corrected chi connectivity index (χ1v) is 11.7. The number of rotatable bonds is 5. The van der Waals surface area contributed by atoms with Gasteiger partial charge in [-0.1, -0.05) is 0 Å². The molecule has 0 bridgehead atoms. The van der Waals surface area contributed by atoms with Gasteiger partial charge in [0.05, 0.1) is 11.9 Å². The molecule has 11 heteroatoms. The molecule has 1 saturated carbocycles. The molecule has 0 atom stereocenters. The molecular weight excluding hydrogens is 450 g/mol. The molecular formula is C21H27F4N3O3S. The topological polar surface area (TPSA) is 84.1 Å². The number of sulfonamides is 1. The molecule has 0 spiro atoms. The van der Waals surface area contributed by atoms with E-state index in [1.165, 1.54) is 19.2 Å². The van der Waals surface area contributed by atoms with E-state index >= 15 is 0 Å². The number of nitrogens with one attached hydrogen (secondary N) is 2. The highest BCUT2D eigenvalue weighted by atomic mass is 32.2. The summed E-state index contributed by atoms with van der Waals surface area (Å²) in [4.78, 5) is 6.49. The average molecular weight is 478 g/mol. The number of aromatic amines is 1. The largest absolute Gasteiger partial charge is 0.497 e. The molecule has 1 fully saturated rings. The number of hydrogen-bond donors (Lipinski definition) is 2. The lowest BCUT2D eigenvalue weighted by Gasteiger charge is -2.30. The minimum Gasteiger partial charge on any atom is -0.497 e. The van der Waals surface area contributed by atoms with Crippen molar-refractivity contribution in [1.82, 2.24) is 14.7 Å². The Balaban J connectivity index is 1.83. The quantitative estimate of drug-likeness (QED) is 0.595. The van der Waals surface area contributed by atoms with Crippen LogP contribution in [0, 0.1) is 5.82 Å². The van der Waals surface area contributed by atoms with E-state index in [1.54, 1.807) is 20.8 Å². The van der Waals surface area contributed by atoms with Crippen LogP contribution in [0.25, 0.3) is 11.3 Å². The van der Waals surface area contributed by atoms with Gasteiger partial charge >= 0.3 is 6.18 Å². The SMILES string of the molecule is COc1ccc(-c2nc(C3CCC(NS(=O)(=O)C(C)(C)C)CC3)[nH]c2C(F)(F)F)c(F)c1. The van der Waals surface area contributed by atoms with Gasteiger partial charge in [-0.25, -0.2) is 22.5 Å². The molecule has 1 aromatic heterocycles. The van der Waals surface area contributed by atoms with E-state index in [4.69, 9.17) is 4.74 Å². The standard InChI is InChI=1S/C21H27F4N3O3S/c1-20(2,3)32(29,30)28-13-7-5-12(6-8-13)19-26-17(18(27-19)21(23,24)25)15-10-9-14(31-4)11-16(15)22/h9-13,28H,5-8H2,1-4H3,(H,26,27). The second-order valence-electron chi connectivity index (χ2n) is 8.97. The fourth-order valence-corrected chi connectivity index (χ4v) is 4.71. The van der Waals surface area contributed by atoms with Crippen LogP contribution >= 0.6 is 0 Å². The molecule has 0 radical (unpaired) electrons. The Kier molecular flexibility index (Phi) is 6.63. The first-order chi connectivity index (χ1) is 14.7. The van der Waals surface area contributed by atoms with Crippen molar-refractivity contribution in [3.8, 4) is 17.0 Å². The van der Waals surface area contributed by atoms with Gasteiger partial charge in [-0.05, 0) is 58.6 Å². The summed E-state index contributed by atoms with van der Waals surface area (Å²) < 4.78 is 86.8. The normalized spacial score (nSPS) is 20.4. The molecule has 6 nitrogen and oxygen atoms in total. The lowest BCUT2D eigenvalue weighted by atomic mass is 9.86. The number of nitrogens with zero attached hydrogens (tertiary/aromatic N) is 1. The molecule has 3 rings (SSSR count). The average Bonchev–Trinajstić information content (AvgIpc) is 3.13. The minimum absolute atomic E-state index is 0.125. The number of halogens is 4. The number of aromatic nitrogens is 2. The van der Waals surface area contributed by atoms with Gasteiger partial charge < -0.3 is 9.72 Å². The highest BCUT2D eigenvalue weighted by molar-refractivity contribution is 7.90. The Morgan fingerprint density at radius 2 is 1.75 bits per heavy atom. The zero-order valence-electron chi connectivity index (χ0n) is 18.3. The lowest BCUT2D eigenvalue weighted by molar-refractivity contribution is -0.140. The van der Waals surface area contributed by atoms with E-state index in [-0.39, 0.29) is 29.1 Å². The van der Waals surface area contributed by atoms with Crippen LogP contribution in [-0.2, 0) is 16.2 Å². The van der Waals surface area contributed by atoms with Gasteiger partial charge in [0.15, 0.2) is 0 Å². The van der Waals surface area contributed by atoms with Crippen molar-refractivity contribution >= 4 is 10.0 Å². The summed E-state index contributed by atoms with van der Waals surface area (Å²) in [5, 5.41) is 0. The Morgan fingerprint density at radius 1 is 1.12 bits per heavy atom. The van der Waals surface area contributed by atoms with Crippen LogP contribution in [0.5, 0.6) is 5.75 Å². The Morgan fingerprint density at radius 3 is 2.25 bits per heavy atom. The van der Waals surface area contributed by atoms with Crippen molar-refractivity contribution in [2.24, 2.45) is 0 Å². The number of benzene rings is 1. The number of alkyl halides is 3. The summed E-state index contributed by atoms with van der Waals surface area (Å²) in [5.41, 5.74) is -1.87. The zero-order chi connectivity index (χ0) is 23.9. The van der Waals surface area contributed by atoms with Gasteiger partial charge in [0, 0.05) is 23.6 Å². The molecule has 0 amide bonds. The van der Waals surface area contributed by atoms with E-state index in [0.29, 0.717) is 25.7 Å². The highest BCUT2D eigenvalue weighted by Gasteiger charge is 2.39. The molecule has 178 valence electrons. The van der Waals surface area contributed by atoms with Gasteiger partial charge in [0.1, 0.15) is 28.8 Å². The second-order valence-corrected chi connectivity index (χ2v) is 11.4. The fraction of sp³-hybridized carbons (Fsp3) is 0.571. The predicted molar refractivity (Wildman–Crippen MR) is 112 cm³/mol. The molecule has 1 heterocycles. The smallest absolute Gasteiger partial charge is 0.433 e. The van der Waals surface area contributed by atoms with Crippen molar-refractivity contribution in [3.05, 3.63) is 35.5 Å². The van der Waals surface area contributed by atoms with Crippen molar-refractivity contribution in [2.45, 2.75) is 69.3 Å². The maximum Gasteiger partial charge on any atom is 0.433 e. The summed E-state index contributed by atoms with van der Waals surface area (Å²) in [6.07, 6.45) is -2.91. The van der Waals surface area contributed by atoms with Gasteiger partial charge in [0.2, 0.25) is 10.0 Å². The van der Waals surface area contributed by atoms with Crippen LogP contribution in [-0.4, -0.2) is 36.3 Å². The summed E-state index contributed by atoms with van der Waals surface area (Å²) in [5.74, 6) is -0.874. The van der Waals surface area contributed by atoms with Crippen LogP contribution in [0.15, 0.2) is 18.2 Å². The van der Waals surface area contributed by atoms with Crippen molar-refractivity contribution < 1.29 is 30.7 Å². The van der Waals surface area contributed by atoms with Gasteiger partial charge in [-0.15, -0.1) is 0 Å². The van der Waals surface area contributed by atoms with Crippen LogP contribution < -0.4 is 9.46 Å². The van der Waals surface area contributed by atoms with Crippen molar-refractivity contribution in [3.63, 3.8) is 0 Å². The predicted octanol–water partition coefficient (Wildman–Crippen LogP) is 4.99. The van der Waals surface area contributed by atoms with Gasteiger partial charge in [0.25, 0.3) is 0 Å². The molecule has 0 saturated heterocycles. The third-order valence-corrected chi connectivity index (χ3v) is 7.93. The maximum absolute atomic E-state index is 14.5. The first kappa shape index (κ1) is 24.5. The molecule has 1 aromatic carbocycles. The molecule has 0 unspecified atom stereocenters. The number of H-pyrrole nitrogens is 1. The third-order valence-electron chi connectivity index (χ3n) is 5.68. The first-order valence-electron chi connectivity index (χ1n) is 10.3. The van der Waals surface area contributed by atoms with Crippen LogP contribution in [0.2, 0.25) is 0 Å². The Labute approximate surface area is 184 Å². The number of hydrogen-bond acceptors (Lipinski definition) is 4. The maximum atomic E-state index is 14.5. The molecule has 2 N–H and O–H groups in total. The van der Waals surface area contributed by atoms with Crippen molar-refractivity contribution in [1.29, 1.82) is 0 Å². The number of imidazole rings is 1. The second kappa shape index (κ2) is 8.66.